The number of benzene rings is 1. The maximum Gasteiger partial charge on any atom is 0.0436 e. The zero-order valence-electron chi connectivity index (χ0n) is 10.9. The molecule has 0 aliphatic heterocycles. The van der Waals surface area contributed by atoms with Crippen LogP contribution in [0.1, 0.15) is 36.0 Å². The maximum absolute atomic E-state index is 9.01. The Morgan fingerprint density at radius 1 is 1.29 bits per heavy atom. The zero-order chi connectivity index (χ0) is 12.3. The first-order valence-corrected chi connectivity index (χ1v) is 6.54. The van der Waals surface area contributed by atoms with Crippen LogP contribution in [0.2, 0.25) is 0 Å². The van der Waals surface area contributed by atoms with Crippen LogP contribution < -0.4 is 5.32 Å². The van der Waals surface area contributed by atoms with Gasteiger partial charge in [-0.2, -0.15) is 0 Å². The number of aliphatic hydroxyl groups excluding tert-OH is 1. The number of rotatable bonds is 6. The van der Waals surface area contributed by atoms with Crippen LogP contribution in [0, 0.1) is 19.3 Å². The van der Waals surface area contributed by atoms with Gasteiger partial charge in [0.25, 0.3) is 0 Å². The van der Waals surface area contributed by atoms with E-state index in [4.69, 9.17) is 5.11 Å². The van der Waals surface area contributed by atoms with E-state index in [2.05, 4.69) is 37.4 Å². The average molecular weight is 233 g/mol. The quantitative estimate of drug-likeness (QED) is 0.791. The van der Waals surface area contributed by atoms with Gasteiger partial charge in [0.15, 0.2) is 0 Å². The molecule has 2 heteroatoms. The summed E-state index contributed by atoms with van der Waals surface area (Å²) in [6.07, 6.45) is 3.49. The second-order valence-electron chi connectivity index (χ2n) is 5.44. The van der Waals surface area contributed by atoms with Gasteiger partial charge in [0.2, 0.25) is 0 Å². The molecule has 0 atom stereocenters. The molecule has 1 aromatic carbocycles. The third-order valence-electron chi connectivity index (χ3n) is 4.13. The topological polar surface area (TPSA) is 32.3 Å². The van der Waals surface area contributed by atoms with Crippen LogP contribution in [-0.4, -0.2) is 18.3 Å². The number of aryl methyl sites for hydroxylation is 1. The zero-order valence-corrected chi connectivity index (χ0v) is 10.9. The Balaban J connectivity index is 1.84. The van der Waals surface area contributed by atoms with E-state index in [0.29, 0.717) is 12.0 Å². The van der Waals surface area contributed by atoms with Crippen molar-refractivity contribution >= 4 is 0 Å². The van der Waals surface area contributed by atoms with Crippen LogP contribution in [0.15, 0.2) is 18.2 Å². The van der Waals surface area contributed by atoms with Gasteiger partial charge in [0.1, 0.15) is 0 Å². The highest BCUT2D eigenvalue weighted by Gasteiger charge is 2.41. The van der Waals surface area contributed by atoms with E-state index in [-0.39, 0.29) is 0 Å². The molecule has 0 saturated heterocycles. The summed E-state index contributed by atoms with van der Waals surface area (Å²) in [5.74, 6) is 0. The molecule has 1 aliphatic rings. The molecule has 2 N–H and O–H groups in total. The van der Waals surface area contributed by atoms with Crippen molar-refractivity contribution in [3.05, 3.63) is 34.9 Å². The summed E-state index contributed by atoms with van der Waals surface area (Å²) in [5.41, 5.74) is 4.56. The summed E-state index contributed by atoms with van der Waals surface area (Å²) in [6, 6.07) is 6.48. The highest BCUT2D eigenvalue weighted by molar-refractivity contribution is 5.32. The number of hydrogen-bond donors (Lipinski definition) is 2. The summed E-state index contributed by atoms with van der Waals surface area (Å²) in [4.78, 5) is 0. The molecular weight excluding hydrogens is 210 g/mol. The van der Waals surface area contributed by atoms with Crippen molar-refractivity contribution in [2.75, 3.05) is 13.2 Å². The van der Waals surface area contributed by atoms with Crippen LogP contribution in [0.3, 0.4) is 0 Å². The van der Waals surface area contributed by atoms with E-state index in [1.54, 1.807) is 0 Å². The largest absolute Gasteiger partial charge is 0.396 e. The SMILES string of the molecule is Cc1cccc(CNCC2(CCO)CC2)c1C. The molecular formula is C15H23NO. The van der Waals surface area contributed by atoms with Crippen molar-refractivity contribution < 1.29 is 5.11 Å². The first-order valence-electron chi connectivity index (χ1n) is 6.54. The summed E-state index contributed by atoms with van der Waals surface area (Å²) in [5, 5.41) is 12.6. The average Bonchev–Trinajstić information content (AvgIpc) is 3.05. The molecule has 0 unspecified atom stereocenters. The Kier molecular flexibility index (Phi) is 3.85. The standard InChI is InChI=1S/C15H23NO/c1-12-4-3-5-14(13(12)2)10-16-11-15(6-7-15)8-9-17/h3-5,16-17H,6-11H2,1-2H3. The van der Waals surface area contributed by atoms with Gasteiger partial charge in [-0.25, -0.2) is 0 Å². The maximum atomic E-state index is 9.01. The Hall–Kier alpha value is -0.860. The van der Waals surface area contributed by atoms with Crippen molar-refractivity contribution in [3.8, 4) is 0 Å². The van der Waals surface area contributed by atoms with E-state index in [0.717, 1.165) is 19.5 Å². The number of hydrogen-bond acceptors (Lipinski definition) is 2. The summed E-state index contributed by atoms with van der Waals surface area (Å²) in [7, 11) is 0. The van der Waals surface area contributed by atoms with Gasteiger partial charge in [0.05, 0.1) is 0 Å². The van der Waals surface area contributed by atoms with Crippen LogP contribution >= 0.6 is 0 Å². The van der Waals surface area contributed by atoms with Crippen molar-refractivity contribution in [2.24, 2.45) is 5.41 Å². The number of aliphatic hydroxyl groups is 1. The molecule has 1 fully saturated rings. The Labute approximate surface area is 104 Å². The van der Waals surface area contributed by atoms with Gasteiger partial charge in [-0.05, 0) is 55.2 Å². The van der Waals surface area contributed by atoms with Crippen molar-refractivity contribution in [2.45, 2.75) is 39.7 Å². The third kappa shape index (κ3) is 3.08. The molecule has 0 aromatic heterocycles. The first kappa shape index (κ1) is 12.6. The van der Waals surface area contributed by atoms with Crippen LogP contribution in [0.25, 0.3) is 0 Å². The predicted molar refractivity (Wildman–Crippen MR) is 71.0 cm³/mol. The van der Waals surface area contributed by atoms with Crippen LogP contribution in [0.5, 0.6) is 0 Å². The molecule has 1 saturated carbocycles. The second-order valence-corrected chi connectivity index (χ2v) is 5.44. The summed E-state index contributed by atoms with van der Waals surface area (Å²) >= 11 is 0. The lowest BCUT2D eigenvalue weighted by Gasteiger charge is -2.15. The molecule has 1 aliphatic carbocycles. The highest BCUT2D eigenvalue weighted by atomic mass is 16.3. The normalized spacial score (nSPS) is 17.1. The Morgan fingerprint density at radius 2 is 2.06 bits per heavy atom. The van der Waals surface area contributed by atoms with Crippen molar-refractivity contribution in [1.82, 2.24) is 5.32 Å². The monoisotopic (exact) mass is 233 g/mol. The van der Waals surface area contributed by atoms with Crippen LogP contribution in [0.4, 0.5) is 0 Å². The van der Waals surface area contributed by atoms with E-state index >= 15 is 0 Å². The molecule has 17 heavy (non-hydrogen) atoms. The molecule has 0 heterocycles. The molecule has 0 radical (unpaired) electrons. The minimum Gasteiger partial charge on any atom is -0.396 e. The predicted octanol–water partition coefficient (Wildman–Crippen LogP) is 2.56. The van der Waals surface area contributed by atoms with Gasteiger partial charge in [-0.3, -0.25) is 0 Å². The molecule has 0 amide bonds. The first-order chi connectivity index (χ1) is 8.17. The lowest BCUT2D eigenvalue weighted by Crippen LogP contribution is -2.24. The fraction of sp³-hybridized carbons (Fsp3) is 0.600. The van der Waals surface area contributed by atoms with E-state index < -0.39 is 0 Å². The smallest absolute Gasteiger partial charge is 0.0436 e. The number of nitrogens with one attached hydrogen (secondary N) is 1. The second kappa shape index (κ2) is 5.19. The molecule has 0 spiro atoms. The minimum absolute atomic E-state index is 0.325. The van der Waals surface area contributed by atoms with Gasteiger partial charge in [-0.1, -0.05) is 18.2 Å². The van der Waals surface area contributed by atoms with Gasteiger partial charge >= 0.3 is 0 Å². The molecule has 2 rings (SSSR count). The van der Waals surface area contributed by atoms with Crippen molar-refractivity contribution in [1.29, 1.82) is 0 Å². The van der Waals surface area contributed by atoms with E-state index in [1.165, 1.54) is 29.5 Å². The van der Waals surface area contributed by atoms with Gasteiger partial charge in [-0.15, -0.1) is 0 Å². The fourth-order valence-corrected chi connectivity index (χ4v) is 2.39. The Morgan fingerprint density at radius 3 is 2.71 bits per heavy atom. The van der Waals surface area contributed by atoms with Crippen molar-refractivity contribution in [3.63, 3.8) is 0 Å². The van der Waals surface area contributed by atoms with E-state index in [1.807, 2.05) is 0 Å². The molecule has 2 nitrogen and oxygen atoms in total. The molecule has 1 aromatic rings. The molecule has 0 bridgehead atoms. The Bertz CT molecular complexity index is 383. The van der Waals surface area contributed by atoms with E-state index in [9.17, 15) is 0 Å². The van der Waals surface area contributed by atoms with Gasteiger partial charge in [0, 0.05) is 19.7 Å². The lowest BCUT2D eigenvalue weighted by atomic mass is 10.0. The van der Waals surface area contributed by atoms with Crippen LogP contribution in [-0.2, 0) is 6.54 Å². The highest BCUT2D eigenvalue weighted by Crippen LogP contribution is 2.47. The lowest BCUT2D eigenvalue weighted by molar-refractivity contribution is 0.245. The fourth-order valence-electron chi connectivity index (χ4n) is 2.39. The summed E-state index contributed by atoms with van der Waals surface area (Å²) in [6.45, 7) is 6.66. The molecule has 94 valence electrons. The van der Waals surface area contributed by atoms with Gasteiger partial charge < -0.3 is 10.4 Å². The minimum atomic E-state index is 0.325. The summed E-state index contributed by atoms with van der Waals surface area (Å²) < 4.78 is 0. The third-order valence-corrected chi connectivity index (χ3v) is 4.13.